The summed E-state index contributed by atoms with van der Waals surface area (Å²) in [7, 11) is -4.06. The number of rotatable bonds is 9. The molecule has 0 radical (unpaired) electrons. The number of sulfonamides is 1. The molecule has 0 aliphatic carbocycles. The van der Waals surface area contributed by atoms with Crippen LogP contribution < -0.4 is 10.5 Å². The Labute approximate surface area is 204 Å². The van der Waals surface area contributed by atoms with Crippen LogP contribution in [0.4, 0.5) is 0 Å². The molecule has 0 atom stereocenters. The molecule has 188 valence electrons. The Bertz CT molecular complexity index is 1270. The molecule has 0 saturated carbocycles. The molecule has 0 bridgehead atoms. The minimum atomic E-state index is -4.06. The molecule has 1 saturated heterocycles. The molecule has 0 amide bonds. The van der Waals surface area contributed by atoms with E-state index in [2.05, 4.69) is 19.8 Å². The standard InChI is InChI=1S/C23H30N6O5S/c1-16-3-5-17(6-4-16)29-22(15-24)26-27-23(29)18-13-21(20(31)14-19(18)30)35(32,33)25-7-2-8-28-9-11-34-12-10-28/h3-6,13-14,25,30-31H,2,7-12,15,24H2,1H3. The Balaban J connectivity index is 1.61. The fourth-order valence-electron chi connectivity index (χ4n) is 3.95. The SMILES string of the molecule is Cc1ccc(-n2c(CN)nnc2-c2cc(S(=O)(=O)NCCCN3CCOCC3)c(O)cc2O)cc1. The highest BCUT2D eigenvalue weighted by Crippen LogP contribution is 2.37. The number of nitrogens with zero attached hydrogens (tertiary/aromatic N) is 4. The highest BCUT2D eigenvalue weighted by molar-refractivity contribution is 7.89. The summed E-state index contributed by atoms with van der Waals surface area (Å²) >= 11 is 0. The van der Waals surface area contributed by atoms with E-state index in [4.69, 9.17) is 10.5 Å². The normalized spacial score (nSPS) is 14.9. The Hall–Kier alpha value is -3.03. The second kappa shape index (κ2) is 10.7. The quantitative estimate of drug-likeness (QED) is 0.315. The van der Waals surface area contributed by atoms with Gasteiger partial charge in [-0.25, -0.2) is 13.1 Å². The number of benzene rings is 2. The molecular weight excluding hydrogens is 472 g/mol. The van der Waals surface area contributed by atoms with Crippen LogP contribution in [0.5, 0.6) is 11.5 Å². The van der Waals surface area contributed by atoms with Crippen molar-refractivity contribution < 1.29 is 23.4 Å². The highest BCUT2D eigenvalue weighted by Gasteiger charge is 2.25. The van der Waals surface area contributed by atoms with Crippen LogP contribution in [0.1, 0.15) is 17.8 Å². The van der Waals surface area contributed by atoms with E-state index < -0.39 is 15.8 Å². The molecular formula is C23H30N6O5S. The first kappa shape index (κ1) is 25.1. The van der Waals surface area contributed by atoms with Gasteiger partial charge in [0.05, 0.1) is 25.3 Å². The van der Waals surface area contributed by atoms with Crippen LogP contribution in [-0.2, 0) is 21.3 Å². The smallest absolute Gasteiger partial charge is 0.244 e. The highest BCUT2D eigenvalue weighted by atomic mass is 32.2. The van der Waals surface area contributed by atoms with Gasteiger partial charge in [0.25, 0.3) is 0 Å². The van der Waals surface area contributed by atoms with Crippen molar-refractivity contribution in [2.75, 3.05) is 39.4 Å². The zero-order chi connectivity index (χ0) is 25.0. The monoisotopic (exact) mass is 502 g/mol. The van der Waals surface area contributed by atoms with Crippen molar-refractivity contribution in [3.63, 3.8) is 0 Å². The maximum Gasteiger partial charge on any atom is 0.244 e. The number of hydrogen-bond acceptors (Lipinski definition) is 9. The number of nitrogens with one attached hydrogen (secondary N) is 1. The van der Waals surface area contributed by atoms with Gasteiger partial charge in [0.1, 0.15) is 16.4 Å². The lowest BCUT2D eigenvalue weighted by atomic mass is 10.1. The van der Waals surface area contributed by atoms with Crippen molar-refractivity contribution in [1.29, 1.82) is 0 Å². The zero-order valence-corrected chi connectivity index (χ0v) is 20.3. The average Bonchev–Trinajstić information content (AvgIpc) is 3.27. The summed E-state index contributed by atoms with van der Waals surface area (Å²) in [5, 5.41) is 29.2. The summed E-state index contributed by atoms with van der Waals surface area (Å²) in [6.45, 7) is 5.96. The molecule has 1 aromatic heterocycles. The maximum atomic E-state index is 13.0. The summed E-state index contributed by atoms with van der Waals surface area (Å²) in [4.78, 5) is 1.85. The van der Waals surface area contributed by atoms with Crippen LogP contribution in [0.25, 0.3) is 17.1 Å². The molecule has 0 spiro atoms. The fourth-order valence-corrected chi connectivity index (χ4v) is 5.13. The second-order valence-corrected chi connectivity index (χ2v) is 10.1. The lowest BCUT2D eigenvalue weighted by molar-refractivity contribution is 0.0376. The molecule has 1 aliphatic heterocycles. The molecule has 3 aromatic rings. The summed E-state index contributed by atoms with van der Waals surface area (Å²) < 4.78 is 35.5. The first-order chi connectivity index (χ1) is 16.8. The minimum absolute atomic E-state index is 0.0789. The third-order valence-corrected chi connectivity index (χ3v) is 7.35. The van der Waals surface area contributed by atoms with Crippen molar-refractivity contribution in [2.24, 2.45) is 5.73 Å². The molecule has 11 nitrogen and oxygen atoms in total. The van der Waals surface area contributed by atoms with E-state index in [1.54, 1.807) is 4.57 Å². The van der Waals surface area contributed by atoms with Crippen molar-refractivity contribution in [3.05, 3.63) is 47.8 Å². The largest absolute Gasteiger partial charge is 0.507 e. The van der Waals surface area contributed by atoms with E-state index in [-0.39, 0.29) is 35.1 Å². The Morgan fingerprint density at radius 3 is 2.49 bits per heavy atom. The van der Waals surface area contributed by atoms with Crippen molar-refractivity contribution in [1.82, 2.24) is 24.4 Å². The van der Waals surface area contributed by atoms with Gasteiger partial charge in [-0.05, 0) is 38.1 Å². The van der Waals surface area contributed by atoms with Gasteiger partial charge in [-0.3, -0.25) is 9.47 Å². The van der Waals surface area contributed by atoms with E-state index in [1.807, 2.05) is 31.2 Å². The molecule has 1 fully saturated rings. The Kier molecular flexibility index (Phi) is 7.67. The lowest BCUT2D eigenvalue weighted by Crippen LogP contribution is -2.38. The predicted octanol–water partition coefficient (Wildman–Crippen LogP) is 1.11. The van der Waals surface area contributed by atoms with Crippen molar-refractivity contribution >= 4 is 10.0 Å². The van der Waals surface area contributed by atoms with Crippen molar-refractivity contribution in [2.45, 2.75) is 24.8 Å². The number of aryl methyl sites for hydroxylation is 1. The maximum absolute atomic E-state index is 13.0. The van der Waals surface area contributed by atoms with Crippen LogP contribution in [0.15, 0.2) is 41.3 Å². The van der Waals surface area contributed by atoms with E-state index in [0.717, 1.165) is 31.3 Å². The fraction of sp³-hybridized carbons (Fsp3) is 0.391. The molecule has 4 rings (SSSR count). The van der Waals surface area contributed by atoms with E-state index >= 15 is 0 Å². The van der Waals surface area contributed by atoms with E-state index in [0.29, 0.717) is 31.1 Å². The van der Waals surface area contributed by atoms with Gasteiger partial charge >= 0.3 is 0 Å². The van der Waals surface area contributed by atoms with Crippen LogP contribution in [0, 0.1) is 6.92 Å². The number of morpholine rings is 1. The van der Waals surface area contributed by atoms with Gasteiger partial charge in [-0.1, -0.05) is 17.7 Å². The number of phenolic OH excluding ortho intramolecular Hbond substituents is 2. The van der Waals surface area contributed by atoms with Gasteiger partial charge in [-0.2, -0.15) is 0 Å². The number of ether oxygens (including phenoxy) is 1. The minimum Gasteiger partial charge on any atom is -0.507 e. The number of hydrogen-bond donors (Lipinski definition) is 4. The van der Waals surface area contributed by atoms with Crippen molar-refractivity contribution in [3.8, 4) is 28.6 Å². The summed E-state index contributed by atoms with van der Waals surface area (Å²) in [5.74, 6) is -0.261. The molecule has 12 heteroatoms. The second-order valence-electron chi connectivity index (χ2n) is 8.36. The third kappa shape index (κ3) is 5.63. The molecule has 2 aromatic carbocycles. The summed E-state index contributed by atoms with van der Waals surface area (Å²) in [6.07, 6.45) is 0.604. The zero-order valence-electron chi connectivity index (χ0n) is 19.5. The average molecular weight is 503 g/mol. The Morgan fingerprint density at radius 1 is 1.09 bits per heavy atom. The summed E-state index contributed by atoms with van der Waals surface area (Å²) in [6, 6.07) is 9.72. The first-order valence-electron chi connectivity index (χ1n) is 11.4. The van der Waals surface area contributed by atoms with E-state index in [9.17, 15) is 18.6 Å². The van der Waals surface area contributed by atoms with Crippen LogP contribution in [-0.4, -0.2) is 77.7 Å². The topological polar surface area (TPSA) is 156 Å². The number of phenols is 2. The van der Waals surface area contributed by atoms with Crippen LogP contribution >= 0.6 is 0 Å². The number of nitrogens with two attached hydrogens (primary N) is 1. The molecule has 5 N–H and O–H groups in total. The van der Waals surface area contributed by atoms with Crippen LogP contribution in [0.3, 0.4) is 0 Å². The van der Waals surface area contributed by atoms with Gasteiger partial charge in [0, 0.05) is 31.4 Å². The number of aromatic nitrogens is 3. The summed E-state index contributed by atoms with van der Waals surface area (Å²) in [5.41, 5.74) is 7.71. The van der Waals surface area contributed by atoms with Crippen LogP contribution in [0.2, 0.25) is 0 Å². The Morgan fingerprint density at radius 2 is 1.80 bits per heavy atom. The van der Waals surface area contributed by atoms with Gasteiger partial charge in [0.15, 0.2) is 11.6 Å². The molecule has 1 aliphatic rings. The van der Waals surface area contributed by atoms with Gasteiger partial charge in [-0.15, -0.1) is 10.2 Å². The van der Waals surface area contributed by atoms with Gasteiger partial charge in [0.2, 0.25) is 10.0 Å². The predicted molar refractivity (Wildman–Crippen MR) is 130 cm³/mol. The van der Waals surface area contributed by atoms with E-state index in [1.165, 1.54) is 6.07 Å². The third-order valence-electron chi connectivity index (χ3n) is 5.86. The molecule has 2 heterocycles. The number of aromatic hydroxyl groups is 2. The first-order valence-corrected chi connectivity index (χ1v) is 12.9. The molecule has 35 heavy (non-hydrogen) atoms. The lowest BCUT2D eigenvalue weighted by Gasteiger charge is -2.26. The van der Waals surface area contributed by atoms with Gasteiger partial charge < -0.3 is 20.7 Å². The molecule has 0 unspecified atom stereocenters.